The summed E-state index contributed by atoms with van der Waals surface area (Å²) in [5, 5.41) is 8.60. The molecule has 1 aromatic carbocycles. The van der Waals surface area contributed by atoms with Crippen LogP contribution in [0.2, 0.25) is 0 Å². The van der Waals surface area contributed by atoms with Crippen molar-refractivity contribution in [2.75, 3.05) is 6.61 Å². The van der Waals surface area contributed by atoms with E-state index in [9.17, 15) is 9.59 Å². The molecule has 83 valence electrons. The SMILES string of the molecule is CCOC(=O)c1ccc(C(=O)O)cc1.[Co]. The normalized spacial score (nSPS) is 8.87. The third-order valence-corrected chi connectivity index (χ3v) is 1.64. The van der Waals surface area contributed by atoms with E-state index < -0.39 is 11.9 Å². The van der Waals surface area contributed by atoms with Crippen molar-refractivity contribution in [2.24, 2.45) is 0 Å². The Morgan fingerprint density at radius 3 is 2.07 bits per heavy atom. The first-order valence-electron chi connectivity index (χ1n) is 4.15. The summed E-state index contributed by atoms with van der Waals surface area (Å²) in [6.45, 7) is 2.02. The number of ether oxygens (including phenoxy) is 1. The average Bonchev–Trinajstić information content (AvgIpc) is 2.18. The van der Waals surface area contributed by atoms with Crippen LogP contribution in [0.5, 0.6) is 0 Å². The van der Waals surface area contributed by atoms with Gasteiger partial charge in [-0.2, -0.15) is 0 Å². The number of aromatic carboxylic acids is 1. The Kier molecular flexibility index (Phi) is 5.65. The molecule has 0 saturated heterocycles. The molecule has 1 radical (unpaired) electrons. The number of hydrogen-bond donors (Lipinski definition) is 1. The molecule has 15 heavy (non-hydrogen) atoms. The first kappa shape index (κ1) is 13.7. The second-order valence-electron chi connectivity index (χ2n) is 2.60. The fourth-order valence-electron chi connectivity index (χ4n) is 0.963. The molecular weight excluding hydrogens is 243 g/mol. The molecule has 0 aliphatic heterocycles. The van der Waals surface area contributed by atoms with E-state index in [-0.39, 0.29) is 22.3 Å². The second-order valence-corrected chi connectivity index (χ2v) is 2.60. The molecule has 4 nitrogen and oxygen atoms in total. The van der Waals surface area contributed by atoms with Gasteiger partial charge in [-0.25, -0.2) is 9.59 Å². The van der Waals surface area contributed by atoms with Crippen LogP contribution in [0.4, 0.5) is 0 Å². The molecule has 0 amide bonds. The number of benzene rings is 1. The van der Waals surface area contributed by atoms with Gasteiger partial charge in [-0.3, -0.25) is 0 Å². The Labute approximate surface area is 97.4 Å². The number of carboxylic acid groups (broad SMARTS) is 1. The number of esters is 1. The first-order chi connectivity index (χ1) is 6.65. The van der Waals surface area contributed by atoms with Gasteiger partial charge in [0, 0.05) is 16.8 Å². The molecule has 0 spiro atoms. The van der Waals surface area contributed by atoms with E-state index in [0.717, 1.165) is 0 Å². The van der Waals surface area contributed by atoms with Crippen molar-refractivity contribution in [3.05, 3.63) is 35.4 Å². The van der Waals surface area contributed by atoms with Gasteiger partial charge in [0.15, 0.2) is 0 Å². The average molecular weight is 253 g/mol. The van der Waals surface area contributed by atoms with Gasteiger partial charge in [-0.1, -0.05) is 0 Å². The van der Waals surface area contributed by atoms with Gasteiger partial charge in [-0.05, 0) is 31.2 Å². The van der Waals surface area contributed by atoms with Crippen molar-refractivity contribution in [2.45, 2.75) is 6.92 Å². The van der Waals surface area contributed by atoms with Crippen LogP contribution in [-0.2, 0) is 21.5 Å². The molecule has 1 aromatic rings. The van der Waals surface area contributed by atoms with Gasteiger partial charge in [-0.15, -0.1) is 0 Å². The quantitative estimate of drug-likeness (QED) is 0.830. The van der Waals surface area contributed by atoms with Crippen LogP contribution in [0.3, 0.4) is 0 Å². The zero-order valence-electron chi connectivity index (χ0n) is 8.02. The van der Waals surface area contributed by atoms with Gasteiger partial charge >= 0.3 is 11.9 Å². The summed E-state index contributed by atoms with van der Waals surface area (Å²) in [5.74, 6) is -1.45. The van der Waals surface area contributed by atoms with Crippen LogP contribution >= 0.6 is 0 Å². The first-order valence-corrected chi connectivity index (χ1v) is 4.15. The molecule has 0 aromatic heterocycles. The van der Waals surface area contributed by atoms with Crippen molar-refractivity contribution in [3.8, 4) is 0 Å². The number of carbonyl (C=O) groups is 2. The zero-order valence-corrected chi connectivity index (χ0v) is 9.06. The standard InChI is InChI=1S/C10H10O4.Co/c1-2-14-10(13)8-5-3-7(4-6-8)9(11)12;/h3-6H,2H2,1H3,(H,11,12);. The van der Waals surface area contributed by atoms with Crippen LogP contribution in [0.1, 0.15) is 27.6 Å². The minimum Gasteiger partial charge on any atom is -0.478 e. The molecule has 0 atom stereocenters. The Hall–Kier alpha value is -1.33. The molecule has 0 bridgehead atoms. The summed E-state index contributed by atoms with van der Waals surface area (Å²) in [4.78, 5) is 21.6. The van der Waals surface area contributed by atoms with Gasteiger partial charge in [0.25, 0.3) is 0 Å². The molecule has 0 saturated carbocycles. The van der Waals surface area contributed by atoms with Crippen molar-refractivity contribution in [1.29, 1.82) is 0 Å². The summed E-state index contributed by atoms with van der Waals surface area (Å²) in [6, 6.07) is 5.60. The predicted octanol–water partition coefficient (Wildman–Crippen LogP) is 1.56. The maximum absolute atomic E-state index is 11.2. The van der Waals surface area contributed by atoms with E-state index in [1.54, 1.807) is 6.92 Å². The maximum atomic E-state index is 11.2. The van der Waals surface area contributed by atoms with E-state index in [1.165, 1.54) is 24.3 Å². The third kappa shape index (κ3) is 3.73. The summed E-state index contributed by atoms with van der Waals surface area (Å²) < 4.78 is 4.74. The van der Waals surface area contributed by atoms with Crippen LogP contribution in [0, 0.1) is 0 Å². The van der Waals surface area contributed by atoms with Gasteiger partial charge in [0.2, 0.25) is 0 Å². The van der Waals surface area contributed by atoms with Crippen molar-refractivity contribution in [1.82, 2.24) is 0 Å². The van der Waals surface area contributed by atoms with E-state index in [4.69, 9.17) is 9.84 Å². The molecular formula is C10H10CoO4. The van der Waals surface area contributed by atoms with Crippen molar-refractivity contribution in [3.63, 3.8) is 0 Å². The molecule has 1 N–H and O–H groups in total. The third-order valence-electron chi connectivity index (χ3n) is 1.64. The van der Waals surface area contributed by atoms with E-state index in [2.05, 4.69) is 0 Å². The second kappa shape index (κ2) is 6.21. The molecule has 0 unspecified atom stereocenters. The Bertz CT molecular complexity index is 345. The fraction of sp³-hybridized carbons (Fsp3) is 0.200. The predicted molar refractivity (Wildman–Crippen MR) is 49.4 cm³/mol. The minimum absolute atomic E-state index is 0. The van der Waals surface area contributed by atoms with Crippen LogP contribution in [0.15, 0.2) is 24.3 Å². The Balaban J connectivity index is 0.00000196. The Morgan fingerprint density at radius 2 is 1.67 bits per heavy atom. The smallest absolute Gasteiger partial charge is 0.338 e. The van der Waals surface area contributed by atoms with Gasteiger partial charge in [0.1, 0.15) is 0 Å². The number of carbonyl (C=O) groups excluding carboxylic acids is 1. The summed E-state index contributed by atoms with van der Waals surface area (Å²) in [7, 11) is 0. The largest absolute Gasteiger partial charge is 0.478 e. The number of carboxylic acids is 1. The molecule has 0 aliphatic rings. The summed E-state index contributed by atoms with van der Waals surface area (Å²) in [5.41, 5.74) is 0.509. The maximum Gasteiger partial charge on any atom is 0.338 e. The van der Waals surface area contributed by atoms with Gasteiger partial charge < -0.3 is 9.84 Å². The van der Waals surface area contributed by atoms with Gasteiger partial charge in [0.05, 0.1) is 17.7 Å². The van der Waals surface area contributed by atoms with Crippen LogP contribution in [0.25, 0.3) is 0 Å². The monoisotopic (exact) mass is 253 g/mol. The topological polar surface area (TPSA) is 63.6 Å². The van der Waals surface area contributed by atoms with Crippen LogP contribution < -0.4 is 0 Å². The van der Waals surface area contributed by atoms with E-state index in [0.29, 0.717) is 12.2 Å². The fourth-order valence-corrected chi connectivity index (χ4v) is 0.963. The zero-order chi connectivity index (χ0) is 10.6. The van der Waals surface area contributed by atoms with Crippen molar-refractivity contribution < 1.29 is 36.2 Å². The number of rotatable bonds is 3. The van der Waals surface area contributed by atoms with Crippen LogP contribution in [-0.4, -0.2) is 23.7 Å². The molecule has 5 heteroatoms. The Morgan fingerprint density at radius 1 is 1.20 bits per heavy atom. The van der Waals surface area contributed by atoms with Crippen molar-refractivity contribution >= 4 is 11.9 Å². The molecule has 1 rings (SSSR count). The molecule has 0 heterocycles. The molecule has 0 fully saturated rings. The number of hydrogen-bond acceptors (Lipinski definition) is 3. The summed E-state index contributed by atoms with van der Waals surface area (Å²) >= 11 is 0. The van der Waals surface area contributed by atoms with E-state index >= 15 is 0 Å². The minimum atomic E-state index is -1.01. The molecule has 0 aliphatic carbocycles. The summed E-state index contributed by atoms with van der Waals surface area (Å²) in [6.07, 6.45) is 0. The van der Waals surface area contributed by atoms with E-state index in [1.807, 2.05) is 0 Å².